The molecule has 0 bridgehead atoms. The van der Waals surface area contributed by atoms with Crippen molar-refractivity contribution in [3.8, 4) is 0 Å². The first kappa shape index (κ1) is 106. The van der Waals surface area contributed by atoms with Crippen molar-refractivity contribution >= 4 is 132 Å². The number of rotatable bonds is 61. The molecule has 738 valence electrons. The van der Waals surface area contributed by atoms with E-state index in [0.29, 0.717) is 71.7 Å². The number of hydrogen-bond acceptors (Lipinski definition) is 20. The highest BCUT2D eigenvalue weighted by molar-refractivity contribution is 6.01. The van der Waals surface area contributed by atoms with Crippen LogP contribution in [-0.2, 0) is 89.6 Å². The van der Waals surface area contributed by atoms with Gasteiger partial charge in [-0.05, 0) is 200 Å². The smallest absolute Gasteiger partial charge is 0.243 e. The molecule has 42 heteroatoms. The van der Waals surface area contributed by atoms with Gasteiger partial charge in [-0.25, -0.2) is 0 Å². The van der Waals surface area contributed by atoms with E-state index in [2.05, 4.69) is 94.4 Å². The molecule has 137 heavy (non-hydrogen) atoms. The molecule has 9 rings (SSSR count). The lowest BCUT2D eigenvalue weighted by atomic mass is 10.0. The fourth-order valence-corrected chi connectivity index (χ4v) is 16.3. The molecular formula is C95H136N30O12. The Balaban J connectivity index is 0.974. The summed E-state index contributed by atoms with van der Waals surface area (Å²) in [4.78, 5) is 192. The van der Waals surface area contributed by atoms with Gasteiger partial charge in [0.25, 0.3) is 0 Å². The molecule has 0 aliphatic carbocycles. The van der Waals surface area contributed by atoms with Crippen molar-refractivity contribution in [3.63, 3.8) is 0 Å². The number of carbonyl (C=O) groups is 12. The molecule has 0 spiro atoms. The zero-order chi connectivity index (χ0) is 98.7. The lowest BCUT2D eigenvalue weighted by Crippen LogP contribution is -2.61. The highest BCUT2D eigenvalue weighted by Gasteiger charge is 2.39. The summed E-state index contributed by atoms with van der Waals surface area (Å²) in [5.41, 5.74) is 59.8. The molecule has 0 aliphatic heterocycles. The Hall–Kier alpha value is -14.5. The Kier molecular flexibility index (Phi) is 42.9. The second-order valence-corrected chi connectivity index (χ2v) is 34.2. The minimum absolute atomic E-state index is 0.00450. The molecule has 0 saturated heterocycles. The average Bonchev–Trinajstić information content (AvgIpc) is 1.70. The number of unbranched alkanes of at least 4 members (excludes halogenated alkanes) is 4. The van der Waals surface area contributed by atoms with Crippen LogP contribution >= 0.6 is 0 Å². The van der Waals surface area contributed by atoms with Crippen LogP contribution in [0.1, 0.15) is 143 Å². The first-order chi connectivity index (χ1) is 66.0. The van der Waals surface area contributed by atoms with Gasteiger partial charge in [-0.2, -0.15) is 0 Å². The minimum atomic E-state index is -1.57. The maximum absolute atomic E-state index is 15.4. The third kappa shape index (κ3) is 33.8. The predicted octanol–water partition coefficient (Wildman–Crippen LogP) is -0.424. The van der Waals surface area contributed by atoms with Gasteiger partial charge in [-0.3, -0.25) is 73.8 Å². The molecule has 0 unspecified atom stereocenters. The second kappa shape index (κ2) is 55.4. The molecule has 12 amide bonds. The van der Waals surface area contributed by atoms with Crippen LogP contribution in [-0.4, -0.2) is 227 Å². The topological polar surface area (TPSA) is 742 Å². The van der Waals surface area contributed by atoms with Crippen molar-refractivity contribution in [3.05, 3.63) is 180 Å². The number of aromatic amines is 4. The zero-order valence-corrected chi connectivity index (χ0v) is 77.2. The van der Waals surface area contributed by atoms with Crippen LogP contribution in [0.15, 0.2) is 152 Å². The third-order valence-corrected chi connectivity index (χ3v) is 23.8. The molecule has 0 radical (unpaired) electrons. The van der Waals surface area contributed by atoms with Crippen LogP contribution in [0.4, 0.5) is 0 Å². The van der Waals surface area contributed by atoms with Crippen LogP contribution < -0.4 is 126 Å². The van der Waals surface area contributed by atoms with Crippen molar-refractivity contribution in [1.29, 1.82) is 16.2 Å². The van der Waals surface area contributed by atoms with Gasteiger partial charge in [0.05, 0.1) is 6.04 Å². The van der Waals surface area contributed by atoms with E-state index in [0.717, 1.165) is 38.3 Å². The molecule has 5 aromatic carbocycles. The third-order valence-electron chi connectivity index (χ3n) is 23.8. The van der Waals surface area contributed by atoms with Gasteiger partial charge in [0, 0.05) is 114 Å². The lowest BCUT2D eigenvalue weighted by Gasteiger charge is -2.29. The Labute approximate surface area is 794 Å². The second-order valence-electron chi connectivity index (χ2n) is 34.2. The summed E-state index contributed by atoms with van der Waals surface area (Å²) < 4.78 is 0. The SMILES string of the molecule is N=C(N)NCCC[C@H](NC(=O)[C@H](CCCNC(=N)N)NC(=O)[C@H](CCCNC(=N)N)NC(=O)[C@H](CCCCN)NC(=O)[C@H](Cc1c[nH]c2ccccc12)NC(=O)[C@H](CCCCN)NC(=O)[C@@H](N)Cc1c[nH]c2ccccc12)C(=O)N[C@@H](Cc1ccccc1)C(=O)N[C@@H](CCCCN)C(=O)N[C@@H](Cc1c[nH]c2ccccc12)C(=O)N[C@@H](CCCCN)C(=O)N[C@@H](Cc1c[nH]c2ccccc12)C(N)=O. The molecule has 0 aliphatic rings. The quantitative estimate of drug-likeness (QED) is 0.0131. The van der Waals surface area contributed by atoms with E-state index in [-0.39, 0.29) is 155 Å². The Bertz CT molecular complexity index is 5520. The van der Waals surface area contributed by atoms with Gasteiger partial charge in [-0.1, -0.05) is 103 Å². The average molecular weight is 1890 g/mol. The summed E-state index contributed by atoms with van der Waals surface area (Å²) in [6, 6.07) is 21.2. The number of primary amides is 1. The first-order valence-electron chi connectivity index (χ1n) is 46.7. The first-order valence-corrected chi connectivity index (χ1v) is 46.7. The van der Waals surface area contributed by atoms with Crippen molar-refractivity contribution in [2.75, 3.05) is 45.8 Å². The summed E-state index contributed by atoms with van der Waals surface area (Å²) in [6.45, 7) is 0.903. The summed E-state index contributed by atoms with van der Waals surface area (Å²) in [6.07, 6.45) is 9.03. The number of fused-ring (bicyclic) bond motifs is 4. The van der Waals surface area contributed by atoms with E-state index in [1.807, 2.05) is 84.9 Å². The Morgan fingerprint density at radius 2 is 0.474 bits per heavy atom. The molecule has 9 aromatic rings. The van der Waals surface area contributed by atoms with Crippen molar-refractivity contribution in [1.82, 2.24) is 94.4 Å². The van der Waals surface area contributed by atoms with E-state index >= 15 is 38.4 Å². The number of guanidine groups is 3. The number of aromatic nitrogens is 4. The largest absolute Gasteiger partial charge is 0.370 e. The van der Waals surface area contributed by atoms with Crippen molar-refractivity contribution in [2.45, 2.75) is 220 Å². The summed E-state index contributed by atoms with van der Waals surface area (Å²) in [7, 11) is 0. The number of para-hydroxylation sites is 4. The Morgan fingerprint density at radius 3 is 0.745 bits per heavy atom. The molecule has 0 saturated carbocycles. The van der Waals surface area contributed by atoms with Crippen molar-refractivity contribution in [2.24, 2.45) is 51.6 Å². The zero-order valence-electron chi connectivity index (χ0n) is 77.2. The van der Waals surface area contributed by atoms with Gasteiger partial charge in [0.2, 0.25) is 70.9 Å². The fourth-order valence-electron chi connectivity index (χ4n) is 16.3. The van der Waals surface area contributed by atoms with Gasteiger partial charge in [0.1, 0.15) is 66.5 Å². The molecule has 42 nitrogen and oxygen atoms in total. The highest BCUT2D eigenvalue weighted by Crippen LogP contribution is 2.25. The van der Waals surface area contributed by atoms with Crippen LogP contribution in [0, 0.1) is 16.2 Å². The molecule has 12 atom stereocenters. The number of hydrogen-bond donors (Lipinski definition) is 30. The maximum Gasteiger partial charge on any atom is 0.243 e. The number of amides is 12. The minimum Gasteiger partial charge on any atom is -0.370 e. The van der Waals surface area contributed by atoms with Crippen LogP contribution in [0.25, 0.3) is 43.6 Å². The lowest BCUT2D eigenvalue weighted by molar-refractivity contribution is -0.136. The number of H-pyrrole nitrogens is 4. The summed E-state index contributed by atoms with van der Waals surface area (Å²) >= 11 is 0. The van der Waals surface area contributed by atoms with Crippen molar-refractivity contribution < 1.29 is 57.5 Å². The van der Waals surface area contributed by atoms with E-state index in [4.69, 9.17) is 67.8 Å². The molecular weight excluding hydrogens is 1750 g/mol. The summed E-state index contributed by atoms with van der Waals surface area (Å²) in [5, 5.41) is 65.9. The van der Waals surface area contributed by atoms with Gasteiger partial charge < -0.3 is 146 Å². The number of carbonyl (C=O) groups excluding carboxylic acids is 12. The normalized spacial score (nSPS) is 13.9. The van der Waals surface area contributed by atoms with E-state index in [1.54, 1.807) is 67.3 Å². The van der Waals surface area contributed by atoms with Crippen LogP contribution in [0.5, 0.6) is 0 Å². The fraction of sp³-hybridized carbons (Fsp3) is 0.442. The molecule has 39 N–H and O–H groups in total. The van der Waals surface area contributed by atoms with Gasteiger partial charge in [0.15, 0.2) is 17.9 Å². The standard InChI is InChI=1S/C95H136N30O12/c96-40-16-12-33-70(115-82(127)65(100)48-57-52-111-66-29-8-4-25-61(57)66)87(132)124-79(50-59-54-113-68-31-10-6-27-63(59)68)91(136)120-71(34-13-17-41-97)83(128)116-74(37-20-44-108-93(102)103)84(129)117-75(38-21-45-109-94(104)105)85(130)118-76(39-22-46-110-95(106)107)89(134)123-78(47-56-23-2-1-3-24-56)90(135)119-73(36-15-19-43-99)88(133)125-80(51-60-55-114-69-32-11-7-28-64(60)69)92(137)121-72(35-14-18-42-98)86(131)122-77(81(101)126)49-58-53-112-67-30-9-5-26-62(58)67/h1-11,23-32,52-55,65,70-80,111-114H,12-22,33-51,96-100H2,(H2,101,126)(H,115,127)(H,116,128)(H,117,129)(H,118,130)(H,119,135)(H,120,136)(H,121,137)(H,122,131)(H,123,134)(H,124,132)(H,125,133)(H4,102,103,108)(H4,104,105,109)(H4,106,107,110)/t65-,70-,71-,72-,73-,74-,75-,76-,77-,78-,79-,80-/m0/s1. The van der Waals surface area contributed by atoms with Gasteiger partial charge >= 0.3 is 0 Å². The Morgan fingerprint density at radius 1 is 0.255 bits per heavy atom. The number of nitrogens with two attached hydrogens (primary N) is 9. The molecule has 4 heterocycles. The maximum atomic E-state index is 15.4. The number of benzene rings is 5. The predicted molar refractivity (Wildman–Crippen MR) is 526 cm³/mol. The van der Waals surface area contributed by atoms with E-state index < -0.39 is 161 Å². The van der Waals surface area contributed by atoms with E-state index in [1.165, 1.54) is 0 Å². The van der Waals surface area contributed by atoms with E-state index in [9.17, 15) is 19.2 Å². The summed E-state index contributed by atoms with van der Waals surface area (Å²) in [5.74, 6) is -11.3. The molecule has 4 aromatic heterocycles. The monoisotopic (exact) mass is 1890 g/mol. The van der Waals surface area contributed by atoms with Crippen LogP contribution in [0.3, 0.4) is 0 Å². The molecule has 0 fully saturated rings. The highest BCUT2D eigenvalue weighted by atomic mass is 16.2. The van der Waals surface area contributed by atoms with Crippen LogP contribution in [0.2, 0.25) is 0 Å². The number of nitrogens with one attached hydrogen (secondary N) is 21. The van der Waals surface area contributed by atoms with Gasteiger partial charge in [-0.15, -0.1) is 0 Å².